The van der Waals surface area contributed by atoms with E-state index in [1.807, 2.05) is 17.2 Å². The first-order chi connectivity index (χ1) is 9.77. The van der Waals surface area contributed by atoms with Gasteiger partial charge in [0.2, 0.25) is 5.91 Å². The molecule has 0 aromatic carbocycles. The number of rotatable bonds is 2. The van der Waals surface area contributed by atoms with E-state index >= 15 is 0 Å². The second-order valence-corrected chi connectivity index (χ2v) is 5.83. The third kappa shape index (κ3) is 2.51. The van der Waals surface area contributed by atoms with Crippen LogP contribution in [0.1, 0.15) is 50.6 Å². The maximum atomic E-state index is 11.8. The molecule has 2 aliphatic rings. The monoisotopic (exact) mass is 273 g/mol. The molecular formula is C16H23N3O. The van der Waals surface area contributed by atoms with Gasteiger partial charge in [-0.15, -0.1) is 0 Å². The first kappa shape index (κ1) is 13.4. The quantitative estimate of drug-likeness (QED) is 0.831. The van der Waals surface area contributed by atoms with Crippen molar-refractivity contribution in [2.75, 3.05) is 24.5 Å². The molecule has 2 saturated heterocycles. The highest BCUT2D eigenvalue weighted by Crippen LogP contribution is 2.36. The van der Waals surface area contributed by atoms with Crippen molar-refractivity contribution < 1.29 is 4.79 Å². The Labute approximate surface area is 120 Å². The number of pyridine rings is 1. The minimum absolute atomic E-state index is 0.181. The number of hydrogen-bond acceptors (Lipinski definition) is 3. The number of likely N-dealkylation sites (tertiary alicyclic amines) is 1. The maximum Gasteiger partial charge on any atom is 0.219 e. The third-order valence-corrected chi connectivity index (χ3v) is 4.49. The summed E-state index contributed by atoms with van der Waals surface area (Å²) in [5.74, 6) is 1.28. The van der Waals surface area contributed by atoms with Crippen LogP contribution in [0.4, 0.5) is 5.82 Å². The highest BCUT2D eigenvalue weighted by Gasteiger charge is 2.31. The standard InChI is InChI=1S/C16H23N3O/c1-13(20)19-12-6-8-15(19)14-7-5-9-17-16(14)18-10-3-2-4-11-18/h5,7,9,15H,2-4,6,8,10-12H2,1H3/t15-/m0/s1. The van der Waals surface area contributed by atoms with Gasteiger partial charge < -0.3 is 9.80 Å². The van der Waals surface area contributed by atoms with E-state index in [0.717, 1.165) is 38.3 Å². The SMILES string of the molecule is CC(=O)N1CCC[C@H]1c1cccnc1N1CCCCC1. The topological polar surface area (TPSA) is 36.4 Å². The zero-order chi connectivity index (χ0) is 13.9. The fourth-order valence-electron chi connectivity index (χ4n) is 3.51. The molecule has 0 radical (unpaired) electrons. The molecule has 0 unspecified atom stereocenters. The van der Waals surface area contributed by atoms with Crippen molar-refractivity contribution in [2.45, 2.75) is 45.1 Å². The van der Waals surface area contributed by atoms with E-state index < -0.39 is 0 Å². The Morgan fingerprint density at radius 1 is 1.20 bits per heavy atom. The van der Waals surface area contributed by atoms with Crippen LogP contribution in [0.15, 0.2) is 18.3 Å². The summed E-state index contributed by atoms with van der Waals surface area (Å²) in [5, 5.41) is 0. The molecule has 108 valence electrons. The van der Waals surface area contributed by atoms with E-state index in [4.69, 9.17) is 0 Å². The van der Waals surface area contributed by atoms with Crippen LogP contribution in [-0.4, -0.2) is 35.4 Å². The van der Waals surface area contributed by atoms with Crippen LogP contribution < -0.4 is 4.90 Å². The lowest BCUT2D eigenvalue weighted by Gasteiger charge is -2.32. The fourth-order valence-corrected chi connectivity index (χ4v) is 3.51. The van der Waals surface area contributed by atoms with Crippen LogP contribution in [0.2, 0.25) is 0 Å². The van der Waals surface area contributed by atoms with E-state index in [2.05, 4.69) is 16.0 Å². The number of carbonyl (C=O) groups is 1. The molecule has 0 saturated carbocycles. The Morgan fingerprint density at radius 3 is 2.75 bits per heavy atom. The van der Waals surface area contributed by atoms with Crippen molar-refractivity contribution >= 4 is 11.7 Å². The highest BCUT2D eigenvalue weighted by molar-refractivity contribution is 5.74. The Hall–Kier alpha value is -1.58. The lowest BCUT2D eigenvalue weighted by molar-refractivity contribution is -0.129. The summed E-state index contributed by atoms with van der Waals surface area (Å²) in [6, 6.07) is 4.38. The molecule has 1 atom stereocenters. The Kier molecular flexibility index (Phi) is 3.90. The minimum atomic E-state index is 0.181. The van der Waals surface area contributed by atoms with Crippen LogP contribution in [0.3, 0.4) is 0 Å². The number of nitrogens with zero attached hydrogens (tertiary/aromatic N) is 3. The first-order valence-electron chi connectivity index (χ1n) is 7.74. The zero-order valence-electron chi connectivity index (χ0n) is 12.2. The molecule has 3 rings (SSSR count). The largest absolute Gasteiger partial charge is 0.356 e. The summed E-state index contributed by atoms with van der Waals surface area (Å²) >= 11 is 0. The smallest absolute Gasteiger partial charge is 0.219 e. The van der Waals surface area contributed by atoms with Gasteiger partial charge in [0.25, 0.3) is 0 Å². The summed E-state index contributed by atoms with van der Waals surface area (Å²) in [7, 11) is 0. The molecule has 1 amide bonds. The van der Waals surface area contributed by atoms with Gasteiger partial charge in [0.1, 0.15) is 5.82 Å². The Bertz CT molecular complexity index is 482. The Morgan fingerprint density at radius 2 is 2.00 bits per heavy atom. The number of hydrogen-bond donors (Lipinski definition) is 0. The van der Waals surface area contributed by atoms with Crippen molar-refractivity contribution in [3.63, 3.8) is 0 Å². The van der Waals surface area contributed by atoms with Gasteiger partial charge in [-0.05, 0) is 38.2 Å². The molecule has 0 aliphatic carbocycles. The number of anilines is 1. The predicted molar refractivity (Wildman–Crippen MR) is 79.7 cm³/mol. The van der Waals surface area contributed by atoms with E-state index in [1.54, 1.807) is 6.92 Å². The molecule has 1 aromatic heterocycles. The minimum Gasteiger partial charge on any atom is -0.356 e. The molecule has 4 nitrogen and oxygen atoms in total. The number of piperidine rings is 1. The van der Waals surface area contributed by atoms with Crippen LogP contribution in [-0.2, 0) is 4.79 Å². The van der Waals surface area contributed by atoms with E-state index in [-0.39, 0.29) is 11.9 Å². The Balaban J connectivity index is 1.90. The first-order valence-corrected chi connectivity index (χ1v) is 7.74. The van der Waals surface area contributed by atoms with Crippen molar-refractivity contribution in [3.05, 3.63) is 23.9 Å². The number of aromatic nitrogens is 1. The lowest BCUT2D eigenvalue weighted by atomic mass is 10.0. The summed E-state index contributed by atoms with van der Waals surface area (Å²) in [4.78, 5) is 20.8. The van der Waals surface area contributed by atoms with Crippen LogP contribution in [0.25, 0.3) is 0 Å². The van der Waals surface area contributed by atoms with E-state index in [1.165, 1.54) is 24.8 Å². The van der Waals surface area contributed by atoms with E-state index in [0.29, 0.717) is 0 Å². The van der Waals surface area contributed by atoms with Gasteiger partial charge >= 0.3 is 0 Å². The number of carbonyl (C=O) groups excluding carboxylic acids is 1. The van der Waals surface area contributed by atoms with Gasteiger partial charge in [-0.25, -0.2) is 4.98 Å². The van der Waals surface area contributed by atoms with Crippen molar-refractivity contribution in [1.82, 2.24) is 9.88 Å². The molecule has 2 aliphatic heterocycles. The molecule has 20 heavy (non-hydrogen) atoms. The van der Waals surface area contributed by atoms with Gasteiger partial charge in [-0.2, -0.15) is 0 Å². The van der Waals surface area contributed by atoms with Crippen LogP contribution in [0.5, 0.6) is 0 Å². The van der Waals surface area contributed by atoms with Gasteiger partial charge in [0.15, 0.2) is 0 Å². The predicted octanol–water partition coefficient (Wildman–Crippen LogP) is 2.76. The summed E-state index contributed by atoms with van der Waals surface area (Å²) < 4.78 is 0. The number of amides is 1. The highest BCUT2D eigenvalue weighted by atomic mass is 16.2. The molecule has 1 aromatic rings. The second kappa shape index (κ2) is 5.81. The van der Waals surface area contributed by atoms with E-state index in [9.17, 15) is 4.79 Å². The van der Waals surface area contributed by atoms with Gasteiger partial charge in [-0.3, -0.25) is 4.79 Å². The zero-order valence-corrected chi connectivity index (χ0v) is 12.2. The van der Waals surface area contributed by atoms with Crippen LogP contribution in [0, 0.1) is 0 Å². The van der Waals surface area contributed by atoms with Crippen molar-refractivity contribution in [3.8, 4) is 0 Å². The summed E-state index contributed by atoms with van der Waals surface area (Å²) in [5.41, 5.74) is 1.24. The third-order valence-electron chi connectivity index (χ3n) is 4.49. The molecule has 0 N–H and O–H groups in total. The summed E-state index contributed by atoms with van der Waals surface area (Å²) in [6.07, 6.45) is 7.85. The molecule has 4 heteroatoms. The van der Waals surface area contributed by atoms with Gasteiger partial charge in [-0.1, -0.05) is 6.07 Å². The fraction of sp³-hybridized carbons (Fsp3) is 0.625. The van der Waals surface area contributed by atoms with Crippen molar-refractivity contribution in [2.24, 2.45) is 0 Å². The molecule has 0 bridgehead atoms. The molecule has 0 spiro atoms. The summed E-state index contributed by atoms with van der Waals surface area (Å²) in [6.45, 7) is 4.75. The molecular weight excluding hydrogens is 250 g/mol. The second-order valence-electron chi connectivity index (χ2n) is 5.83. The van der Waals surface area contributed by atoms with Crippen LogP contribution >= 0.6 is 0 Å². The van der Waals surface area contributed by atoms with Gasteiger partial charge in [0, 0.05) is 38.3 Å². The molecule has 3 heterocycles. The lowest BCUT2D eigenvalue weighted by Crippen LogP contribution is -2.33. The normalized spacial score (nSPS) is 23.1. The maximum absolute atomic E-state index is 11.8. The van der Waals surface area contributed by atoms with Gasteiger partial charge in [0.05, 0.1) is 6.04 Å². The average molecular weight is 273 g/mol. The molecule has 2 fully saturated rings. The van der Waals surface area contributed by atoms with Crippen molar-refractivity contribution in [1.29, 1.82) is 0 Å². The average Bonchev–Trinajstić information content (AvgIpc) is 2.98.